The van der Waals surface area contributed by atoms with Gasteiger partial charge in [-0.3, -0.25) is 9.69 Å². The molecule has 0 radical (unpaired) electrons. The molecule has 1 heterocycles. The number of amides is 1. The van der Waals surface area contributed by atoms with Crippen molar-refractivity contribution in [3.8, 4) is 0 Å². The second-order valence-electron chi connectivity index (χ2n) is 5.67. The number of hydrogen-bond acceptors (Lipinski definition) is 5. The third-order valence-corrected chi connectivity index (χ3v) is 5.42. The Labute approximate surface area is 172 Å². The summed E-state index contributed by atoms with van der Waals surface area (Å²) in [4.78, 5) is 27.4. The highest BCUT2D eigenvalue weighted by molar-refractivity contribution is 8.26. The number of benzene rings is 2. The van der Waals surface area contributed by atoms with Crippen molar-refractivity contribution in [3.63, 3.8) is 0 Å². The number of hydrogen-bond donors (Lipinski definition) is 0. The van der Waals surface area contributed by atoms with E-state index < -0.39 is 12.0 Å². The number of rotatable bonds is 5. The number of esters is 1. The van der Waals surface area contributed by atoms with Crippen LogP contribution in [0.3, 0.4) is 0 Å². The first-order valence-corrected chi connectivity index (χ1v) is 9.85. The summed E-state index contributed by atoms with van der Waals surface area (Å²) in [5.41, 5.74) is 1.44. The minimum Gasteiger partial charge on any atom is -0.464 e. The molecule has 0 saturated carbocycles. The SMILES string of the molecule is CCOC(=O)C(c1ccccc1)N1C(=O)/C(=C/c2cccc(Cl)c2)SC1=S. The molecule has 0 spiro atoms. The van der Waals surface area contributed by atoms with Gasteiger partial charge in [-0.2, -0.15) is 0 Å². The van der Waals surface area contributed by atoms with E-state index in [1.54, 1.807) is 55.5 Å². The second-order valence-corrected chi connectivity index (χ2v) is 7.78. The van der Waals surface area contributed by atoms with Crippen LogP contribution in [0.25, 0.3) is 6.08 Å². The van der Waals surface area contributed by atoms with Gasteiger partial charge in [0.05, 0.1) is 11.5 Å². The lowest BCUT2D eigenvalue weighted by molar-refractivity contribution is -0.151. The van der Waals surface area contributed by atoms with E-state index in [1.807, 2.05) is 12.1 Å². The van der Waals surface area contributed by atoms with E-state index in [2.05, 4.69) is 0 Å². The summed E-state index contributed by atoms with van der Waals surface area (Å²) in [6, 6.07) is 15.3. The largest absolute Gasteiger partial charge is 0.464 e. The monoisotopic (exact) mass is 417 g/mol. The summed E-state index contributed by atoms with van der Waals surface area (Å²) in [6.07, 6.45) is 1.72. The standard InChI is InChI=1S/C20H16ClNO3S2/c1-2-25-19(24)17(14-8-4-3-5-9-14)22-18(23)16(27-20(22)26)12-13-7-6-10-15(21)11-13/h3-12,17H,2H2,1H3/b16-12-. The highest BCUT2D eigenvalue weighted by Gasteiger charge is 2.42. The first-order valence-electron chi connectivity index (χ1n) is 8.25. The highest BCUT2D eigenvalue weighted by Crippen LogP contribution is 2.38. The molecule has 2 aromatic carbocycles. The molecule has 27 heavy (non-hydrogen) atoms. The first-order chi connectivity index (χ1) is 13.0. The minimum atomic E-state index is -0.913. The fraction of sp³-hybridized carbons (Fsp3) is 0.150. The number of ether oxygens (including phenoxy) is 1. The van der Waals surface area contributed by atoms with Crippen molar-refractivity contribution in [2.45, 2.75) is 13.0 Å². The van der Waals surface area contributed by atoms with Crippen LogP contribution in [0.4, 0.5) is 0 Å². The molecule has 3 rings (SSSR count). The van der Waals surface area contributed by atoms with Crippen molar-refractivity contribution in [2.75, 3.05) is 6.61 Å². The third kappa shape index (κ3) is 4.40. The molecule has 1 aliphatic heterocycles. The zero-order valence-electron chi connectivity index (χ0n) is 14.4. The number of halogens is 1. The van der Waals surface area contributed by atoms with Gasteiger partial charge in [0, 0.05) is 5.02 Å². The highest BCUT2D eigenvalue weighted by atomic mass is 35.5. The first kappa shape index (κ1) is 19.6. The van der Waals surface area contributed by atoms with Gasteiger partial charge < -0.3 is 4.74 Å². The number of carbonyl (C=O) groups is 2. The van der Waals surface area contributed by atoms with Crippen LogP contribution >= 0.6 is 35.6 Å². The molecule has 0 aliphatic carbocycles. The molecule has 138 valence electrons. The van der Waals surface area contributed by atoms with E-state index in [4.69, 9.17) is 28.6 Å². The van der Waals surface area contributed by atoms with E-state index in [0.717, 1.165) is 17.3 Å². The van der Waals surface area contributed by atoms with Gasteiger partial charge in [-0.1, -0.05) is 78.0 Å². The van der Waals surface area contributed by atoms with Gasteiger partial charge in [0.15, 0.2) is 6.04 Å². The summed E-state index contributed by atoms with van der Waals surface area (Å²) in [6.45, 7) is 1.94. The van der Waals surface area contributed by atoms with Crippen molar-refractivity contribution in [1.82, 2.24) is 4.90 Å². The van der Waals surface area contributed by atoms with Gasteiger partial charge in [0.2, 0.25) is 0 Å². The lowest BCUT2D eigenvalue weighted by atomic mass is 10.1. The predicted molar refractivity (Wildman–Crippen MR) is 112 cm³/mol. The van der Waals surface area contributed by atoms with Crippen molar-refractivity contribution >= 4 is 57.9 Å². The molecule has 7 heteroatoms. The average molecular weight is 418 g/mol. The summed E-state index contributed by atoms with van der Waals surface area (Å²) in [5, 5.41) is 0.577. The topological polar surface area (TPSA) is 46.6 Å². The molecule has 4 nitrogen and oxygen atoms in total. The van der Waals surface area contributed by atoms with Gasteiger partial charge in [-0.05, 0) is 36.3 Å². The maximum absolute atomic E-state index is 13.0. The predicted octanol–water partition coefficient (Wildman–Crippen LogP) is 4.85. The van der Waals surface area contributed by atoms with Gasteiger partial charge in [-0.15, -0.1) is 0 Å². The summed E-state index contributed by atoms with van der Waals surface area (Å²) in [7, 11) is 0. The van der Waals surface area contributed by atoms with Crippen LogP contribution in [0.5, 0.6) is 0 Å². The van der Waals surface area contributed by atoms with E-state index >= 15 is 0 Å². The zero-order valence-corrected chi connectivity index (χ0v) is 16.8. The van der Waals surface area contributed by atoms with Gasteiger partial charge in [0.25, 0.3) is 5.91 Å². The van der Waals surface area contributed by atoms with Gasteiger partial charge in [0.1, 0.15) is 4.32 Å². The summed E-state index contributed by atoms with van der Waals surface area (Å²) in [5.74, 6) is -0.837. The normalized spacial score (nSPS) is 16.7. The fourth-order valence-electron chi connectivity index (χ4n) is 2.70. The van der Waals surface area contributed by atoms with Crippen LogP contribution < -0.4 is 0 Å². The molecular weight excluding hydrogens is 402 g/mol. The van der Waals surface area contributed by atoms with E-state index in [1.165, 1.54) is 4.90 Å². The Morgan fingerprint density at radius 1 is 1.26 bits per heavy atom. The molecule has 0 N–H and O–H groups in total. The molecule has 1 atom stereocenters. The third-order valence-electron chi connectivity index (χ3n) is 3.85. The Hall–Kier alpha value is -2.15. The second kappa shape index (κ2) is 8.69. The molecule has 1 aliphatic rings. The quantitative estimate of drug-likeness (QED) is 0.395. The van der Waals surface area contributed by atoms with Crippen LogP contribution in [0.1, 0.15) is 24.1 Å². The van der Waals surface area contributed by atoms with Crippen molar-refractivity contribution in [1.29, 1.82) is 0 Å². The van der Waals surface area contributed by atoms with Crippen LogP contribution in [-0.2, 0) is 14.3 Å². The van der Waals surface area contributed by atoms with Crippen LogP contribution in [0, 0.1) is 0 Å². The van der Waals surface area contributed by atoms with Crippen LogP contribution in [0.2, 0.25) is 5.02 Å². The van der Waals surface area contributed by atoms with Crippen LogP contribution in [0.15, 0.2) is 59.5 Å². The van der Waals surface area contributed by atoms with Crippen LogP contribution in [-0.4, -0.2) is 27.7 Å². The molecule has 1 fully saturated rings. The molecule has 1 unspecified atom stereocenters. The molecule has 1 saturated heterocycles. The lowest BCUT2D eigenvalue weighted by Gasteiger charge is -2.25. The molecular formula is C20H16ClNO3S2. The Bertz CT molecular complexity index is 914. The van der Waals surface area contributed by atoms with Gasteiger partial charge in [-0.25, -0.2) is 4.79 Å². The zero-order chi connectivity index (χ0) is 19.4. The number of thiocarbonyl (C=S) groups is 1. The smallest absolute Gasteiger partial charge is 0.333 e. The number of carbonyl (C=O) groups excluding carboxylic acids is 2. The van der Waals surface area contributed by atoms with E-state index in [0.29, 0.717) is 19.8 Å². The number of nitrogens with zero attached hydrogens (tertiary/aromatic N) is 1. The Morgan fingerprint density at radius 2 is 2.00 bits per heavy atom. The van der Waals surface area contributed by atoms with Gasteiger partial charge >= 0.3 is 5.97 Å². The maximum Gasteiger partial charge on any atom is 0.333 e. The lowest BCUT2D eigenvalue weighted by Crippen LogP contribution is -2.38. The van der Waals surface area contributed by atoms with Crippen molar-refractivity contribution in [2.24, 2.45) is 0 Å². The van der Waals surface area contributed by atoms with Crippen molar-refractivity contribution in [3.05, 3.63) is 75.7 Å². The summed E-state index contributed by atoms with van der Waals surface area (Å²) >= 11 is 12.6. The maximum atomic E-state index is 13.0. The minimum absolute atomic E-state index is 0.218. The molecule has 0 bridgehead atoms. The molecule has 2 aromatic rings. The average Bonchev–Trinajstić information content (AvgIpc) is 2.91. The Balaban J connectivity index is 1.97. The Morgan fingerprint density at radius 3 is 2.67 bits per heavy atom. The Kier molecular flexibility index (Phi) is 6.31. The van der Waals surface area contributed by atoms with E-state index in [-0.39, 0.29) is 12.5 Å². The van der Waals surface area contributed by atoms with Crippen molar-refractivity contribution < 1.29 is 14.3 Å². The molecule has 0 aromatic heterocycles. The van der Waals surface area contributed by atoms with E-state index in [9.17, 15) is 9.59 Å². The summed E-state index contributed by atoms with van der Waals surface area (Å²) < 4.78 is 5.51. The fourth-order valence-corrected chi connectivity index (χ4v) is 4.21. The molecule has 1 amide bonds. The number of thioether (sulfide) groups is 1.